The summed E-state index contributed by atoms with van der Waals surface area (Å²) in [4.78, 5) is 3.90. The van der Waals surface area contributed by atoms with Crippen LogP contribution in [0.3, 0.4) is 0 Å². The fourth-order valence-corrected chi connectivity index (χ4v) is 1.74. The van der Waals surface area contributed by atoms with Gasteiger partial charge in [0.1, 0.15) is 10.8 Å². The third kappa shape index (κ3) is 2.80. The van der Waals surface area contributed by atoms with Crippen molar-refractivity contribution < 1.29 is 8.91 Å². The number of rotatable bonds is 5. The molecule has 5 nitrogen and oxygen atoms in total. The van der Waals surface area contributed by atoms with E-state index in [-0.39, 0.29) is 10.6 Å². The van der Waals surface area contributed by atoms with Crippen LogP contribution in [0.5, 0.6) is 0 Å². The summed E-state index contributed by atoms with van der Waals surface area (Å²) >= 11 is 4.82. The largest absolute Gasteiger partial charge is 0.389 e. The predicted molar refractivity (Wildman–Crippen MR) is 68.8 cm³/mol. The number of nitrogens with zero attached hydrogens (tertiary/aromatic N) is 2. The van der Waals surface area contributed by atoms with Gasteiger partial charge in [-0.05, 0) is 12.1 Å². The van der Waals surface area contributed by atoms with Crippen molar-refractivity contribution in [2.24, 2.45) is 5.73 Å². The van der Waals surface area contributed by atoms with Gasteiger partial charge < -0.3 is 15.6 Å². The van der Waals surface area contributed by atoms with Crippen molar-refractivity contribution in [3.05, 3.63) is 41.8 Å². The molecular formula is C11H11FN4OS. The van der Waals surface area contributed by atoms with E-state index in [2.05, 4.69) is 15.5 Å². The lowest BCUT2D eigenvalue weighted by Gasteiger charge is -2.10. The number of aromatic nitrogens is 2. The standard InChI is InChI=1S/C11H11FN4OS/c12-7-2-1-3-8(10(7)11(13)18)14-5-4-9-15-6-16-17-9/h1-3,6,14H,4-5H2,(H2,13,18). The molecule has 2 aromatic rings. The molecule has 0 spiro atoms. The Labute approximate surface area is 108 Å². The molecule has 0 saturated carbocycles. The highest BCUT2D eigenvalue weighted by molar-refractivity contribution is 7.80. The zero-order valence-electron chi connectivity index (χ0n) is 9.39. The molecule has 0 radical (unpaired) electrons. The first-order valence-corrected chi connectivity index (χ1v) is 5.67. The average molecular weight is 266 g/mol. The molecule has 0 aliphatic rings. The second-order valence-electron chi connectivity index (χ2n) is 3.54. The molecule has 94 valence electrons. The van der Waals surface area contributed by atoms with Gasteiger partial charge in [-0.15, -0.1) is 0 Å². The topological polar surface area (TPSA) is 77.0 Å². The van der Waals surface area contributed by atoms with Crippen molar-refractivity contribution in [2.75, 3.05) is 11.9 Å². The van der Waals surface area contributed by atoms with Crippen molar-refractivity contribution >= 4 is 22.9 Å². The van der Waals surface area contributed by atoms with Gasteiger partial charge in [-0.25, -0.2) is 4.39 Å². The molecule has 0 fully saturated rings. The molecule has 1 heterocycles. The van der Waals surface area contributed by atoms with Gasteiger partial charge >= 0.3 is 0 Å². The first-order valence-electron chi connectivity index (χ1n) is 5.26. The molecule has 0 bridgehead atoms. The molecule has 7 heteroatoms. The lowest BCUT2D eigenvalue weighted by atomic mass is 10.1. The number of hydrogen-bond donors (Lipinski definition) is 2. The minimum absolute atomic E-state index is 0.0217. The lowest BCUT2D eigenvalue weighted by molar-refractivity contribution is 0.380. The Morgan fingerprint density at radius 1 is 1.50 bits per heavy atom. The number of halogens is 1. The number of nitrogens with one attached hydrogen (secondary N) is 1. The Morgan fingerprint density at radius 2 is 2.33 bits per heavy atom. The molecule has 0 amide bonds. The van der Waals surface area contributed by atoms with E-state index in [4.69, 9.17) is 22.5 Å². The Balaban J connectivity index is 2.05. The SMILES string of the molecule is NC(=S)c1c(F)cccc1NCCc1ncno1. The van der Waals surface area contributed by atoms with Crippen LogP contribution in [0.25, 0.3) is 0 Å². The van der Waals surface area contributed by atoms with E-state index in [1.54, 1.807) is 12.1 Å². The molecule has 18 heavy (non-hydrogen) atoms. The summed E-state index contributed by atoms with van der Waals surface area (Å²) in [6.45, 7) is 0.515. The third-order valence-corrected chi connectivity index (χ3v) is 2.53. The van der Waals surface area contributed by atoms with Crippen LogP contribution in [0.4, 0.5) is 10.1 Å². The van der Waals surface area contributed by atoms with Gasteiger partial charge in [0.15, 0.2) is 6.33 Å². The number of anilines is 1. The molecule has 0 saturated heterocycles. The molecule has 1 aromatic carbocycles. The maximum Gasteiger partial charge on any atom is 0.228 e. The minimum atomic E-state index is -0.440. The quantitative estimate of drug-likeness (QED) is 0.799. The molecule has 1 aromatic heterocycles. The van der Waals surface area contributed by atoms with Crippen LogP contribution in [0.15, 0.2) is 29.0 Å². The summed E-state index contributed by atoms with van der Waals surface area (Å²) in [6.07, 6.45) is 1.87. The summed E-state index contributed by atoms with van der Waals surface area (Å²) in [5.74, 6) is 0.0704. The average Bonchev–Trinajstić information content (AvgIpc) is 2.81. The minimum Gasteiger partial charge on any atom is -0.389 e. The number of thiocarbonyl (C=S) groups is 1. The van der Waals surface area contributed by atoms with Crippen molar-refractivity contribution in [1.29, 1.82) is 0 Å². The van der Waals surface area contributed by atoms with E-state index in [0.717, 1.165) is 0 Å². The summed E-state index contributed by atoms with van der Waals surface area (Å²) < 4.78 is 18.4. The second kappa shape index (κ2) is 5.54. The van der Waals surface area contributed by atoms with Crippen LogP contribution in [-0.2, 0) is 6.42 Å². The van der Waals surface area contributed by atoms with Gasteiger partial charge in [0.2, 0.25) is 5.89 Å². The lowest BCUT2D eigenvalue weighted by Crippen LogP contribution is -2.16. The summed E-state index contributed by atoms with van der Waals surface area (Å²) in [7, 11) is 0. The Hall–Kier alpha value is -2.02. The predicted octanol–water partition coefficient (Wildman–Crippen LogP) is 1.50. The Bertz CT molecular complexity index is 544. The molecule has 0 unspecified atom stereocenters. The molecule has 0 aliphatic heterocycles. The Kier molecular flexibility index (Phi) is 3.83. The highest BCUT2D eigenvalue weighted by atomic mass is 32.1. The monoisotopic (exact) mass is 266 g/mol. The molecule has 0 aliphatic carbocycles. The first-order chi connectivity index (χ1) is 8.68. The highest BCUT2D eigenvalue weighted by Crippen LogP contribution is 2.18. The molecular weight excluding hydrogens is 255 g/mol. The number of benzene rings is 1. The fourth-order valence-electron chi connectivity index (χ4n) is 1.53. The van der Waals surface area contributed by atoms with Crippen LogP contribution in [0.1, 0.15) is 11.5 Å². The smallest absolute Gasteiger partial charge is 0.228 e. The zero-order valence-corrected chi connectivity index (χ0v) is 10.2. The number of nitrogens with two attached hydrogens (primary N) is 1. The van der Waals surface area contributed by atoms with E-state index >= 15 is 0 Å². The van der Waals surface area contributed by atoms with Crippen molar-refractivity contribution in [2.45, 2.75) is 6.42 Å². The van der Waals surface area contributed by atoms with Crippen LogP contribution in [0, 0.1) is 5.82 Å². The summed E-state index contributed by atoms with van der Waals surface area (Å²) in [5.41, 5.74) is 6.27. The van der Waals surface area contributed by atoms with Crippen molar-refractivity contribution in [3.8, 4) is 0 Å². The van der Waals surface area contributed by atoms with Gasteiger partial charge in [-0.2, -0.15) is 4.98 Å². The molecule has 3 N–H and O–H groups in total. The van der Waals surface area contributed by atoms with Gasteiger partial charge in [0.05, 0.1) is 5.56 Å². The summed E-state index contributed by atoms with van der Waals surface area (Å²) in [5, 5.41) is 6.53. The van der Waals surface area contributed by atoms with E-state index in [9.17, 15) is 4.39 Å². The van der Waals surface area contributed by atoms with E-state index < -0.39 is 5.82 Å². The van der Waals surface area contributed by atoms with Crippen molar-refractivity contribution in [3.63, 3.8) is 0 Å². The maximum absolute atomic E-state index is 13.6. The number of hydrogen-bond acceptors (Lipinski definition) is 5. The molecule has 0 atom stereocenters. The highest BCUT2D eigenvalue weighted by Gasteiger charge is 2.10. The molecule has 2 rings (SSSR count). The second-order valence-corrected chi connectivity index (χ2v) is 3.98. The van der Waals surface area contributed by atoms with E-state index in [1.165, 1.54) is 12.4 Å². The normalized spacial score (nSPS) is 10.3. The van der Waals surface area contributed by atoms with Crippen LogP contribution >= 0.6 is 12.2 Å². The zero-order chi connectivity index (χ0) is 13.0. The van der Waals surface area contributed by atoms with Gasteiger partial charge in [0.25, 0.3) is 0 Å². The van der Waals surface area contributed by atoms with E-state index in [0.29, 0.717) is 24.5 Å². The van der Waals surface area contributed by atoms with Crippen LogP contribution in [-0.4, -0.2) is 21.7 Å². The van der Waals surface area contributed by atoms with Gasteiger partial charge in [-0.3, -0.25) is 0 Å². The third-order valence-electron chi connectivity index (χ3n) is 2.32. The van der Waals surface area contributed by atoms with E-state index in [1.807, 2.05) is 0 Å². The van der Waals surface area contributed by atoms with Gasteiger partial charge in [0, 0.05) is 18.7 Å². The first kappa shape index (κ1) is 12.4. The van der Waals surface area contributed by atoms with Crippen LogP contribution < -0.4 is 11.1 Å². The maximum atomic E-state index is 13.6. The Morgan fingerprint density at radius 3 is 3.00 bits per heavy atom. The van der Waals surface area contributed by atoms with Crippen LogP contribution in [0.2, 0.25) is 0 Å². The van der Waals surface area contributed by atoms with Crippen molar-refractivity contribution in [1.82, 2.24) is 10.1 Å². The van der Waals surface area contributed by atoms with Gasteiger partial charge in [-0.1, -0.05) is 23.4 Å². The summed E-state index contributed by atoms with van der Waals surface area (Å²) in [6, 6.07) is 4.62. The fraction of sp³-hybridized carbons (Fsp3) is 0.182.